The molecule has 13 heavy (non-hydrogen) atoms. The third kappa shape index (κ3) is 1.99. The van der Waals surface area contributed by atoms with Crippen LogP contribution in [-0.2, 0) is 10.1 Å². The molecule has 0 aliphatic heterocycles. The highest BCUT2D eigenvalue weighted by molar-refractivity contribution is 7.85. The van der Waals surface area contributed by atoms with E-state index in [-0.39, 0.29) is 12.1 Å². The molecule has 1 aromatic carbocycles. The molecule has 0 heterocycles. The molecule has 0 spiro atoms. The first-order valence-electron chi connectivity index (χ1n) is 2.94. The Hall–Kier alpha value is -1.08. The number of hydrogen-bond donors (Lipinski definition) is 1. The predicted molar refractivity (Wildman–Crippen MR) is 36.1 cm³/mol. The topological polar surface area (TPSA) is 54.4 Å². The van der Waals surface area contributed by atoms with Gasteiger partial charge in [0.1, 0.15) is 10.7 Å². The van der Waals surface area contributed by atoms with E-state index in [0.717, 1.165) is 0 Å². The largest absolute Gasteiger partial charge is 0.297 e. The van der Waals surface area contributed by atoms with Crippen molar-refractivity contribution in [3.05, 3.63) is 29.6 Å². The standard InChI is InChI=1S/C6H3F3O3S/c7-3-1-4(8)6(9)5(2-3)13(10,11)12/h1-2H,(H,10,11,12). The monoisotopic (exact) mass is 212 g/mol. The van der Waals surface area contributed by atoms with E-state index in [1.165, 1.54) is 0 Å². The SMILES string of the molecule is O=S(=O)(O)c1cc(F)cc(F)c1F. The summed E-state index contributed by atoms with van der Waals surface area (Å²) in [4.78, 5) is -1.41. The summed E-state index contributed by atoms with van der Waals surface area (Å²) < 4.78 is 66.3. The van der Waals surface area contributed by atoms with Crippen molar-refractivity contribution < 1.29 is 26.1 Å². The fourth-order valence-corrected chi connectivity index (χ4v) is 1.31. The van der Waals surface area contributed by atoms with Crippen LogP contribution in [0.2, 0.25) is 0 Å². The summed E-state index contributed by atoms with van der Waals surface area (Å²) in [5.41, 5.74) is 0. The van der Waals surface area contributed by atoms with Gasteiger partial charge in [-0.25, -0.2) is 13.2 Å². The zero-order chi connectivity index (χ0) is 10.2. The van der Waals surface area contributed by atoms with Crippen molar-refractivity contribution in [2.24, 2.45) is 0 Å². The molecule has 0 saturated carbocycles. The predicted octanol–water partition coefficient (Wildman–Crippen LogP) is 1.35. The summed E-state index contributed by atoms with van der Waals surface area (Å²) in [5, 5.41) is 0. The van der Waals surface area contributed by atoms with Gasteiger partial charge in [-0.2, -0.15) is 8.42 Å². The molecule has 3 nitrogen and oxygen atoms in total. The molecule has 1 aromatic rings. The fraction of sp³-hybridized carbons (Fsp3) is 0. The lowest BCUT2D eigenvalue weighted by molar-refractivity contribution is 0.445. The summed E-state index contributed by atoms with van der Waals surface area (Å²) >= 11 is 0. The number of halogens is 3. The maximum absolute atomic E-state index is 12.6. The second-order valence-corrected chi connectivity index (χ2v) is 3.56. The van der Waals surface area contributed by atoms with E-state index in [2.05, 4.69) is 0 Å². The average molecular weight is 212 g/mol. The zero-order valence-corrected chi connectivity index (χ0v) is 6.78. The molecule has 0 amide bonds. The van der Waals surface area contributed by atoms with Crippen molar-refractivity contribution in [3.63, 3.8) is 0 Å². The summed E-state index contributed by atoms with van der Waals surface area (Å²) in [6, 6.07) is 0.359. The molecule has 0 aromatic heterocycles. The Kier molecular flexibility index (Phi) is 2.31. The lowest BCUT2D eigenvalue weighted by Crippen LogP contribution is -2.04. The molecule has 0 radical (unpaired) electrons. The van der Waals surface area contributed by atoms with Gasteiger partial charge in [-0.05, 0) is 6.07 Å². The molecule has 0 bridgehead atoms. The Morgan fingerprint density at radius 1 is 1.15 bits per heavy atom. The van der Waals surface area contributed by atoms with Crippen molar-refractivity contribution in [2.45, 2.75) is 4.90 Å². The molecule has 0 fully saturated rings. The Labute approximate surface area is 71.6 Å². The molecule has 0 aliphatic carbocycles. The Morgan fingerprint density at radius 3 is 2.15 bits per heavy atom. The number of hydrogen-bond acceptors (Lipinski definition) is 2. The quantitative estimate of drug-likeness (QED) is 0.564. The van der Waals surface area contributed by atoms with Crippen molar-refractivity contribution in [3.8, 4) is 0 Å². The van der Waals surface area contributed by atoms with E-state index >= 15 is 0 Å². The minimum absolute atomic E-state index is 0.171. The molecule has 1 rings (SSSR count). The van der Waals surface area contributed by atoms with Crippen molar-refractivity contribution in [2.75, 3.05) is 0 Å². The van der Waals surface area contributed by atoms with Gasteiger partial charge in [-0.3, -0.25) is 4.55 Å². The second kappa shape index (κ2) is 3.00. The molecule has 0 aliphatic rings. The van der Waals surface area contributed by atoms with Crippen LogP contribution >= 0.6 is 0 Å². The van der Waals surface area contributed by atoms with Gasteiger partial charge in [0.2, 0.25) is 0 Å². The third-order valence-corrected chi connectivity index (χ3v) is 2.09. The summed E-state index contributed by atoms with van der Waals surface area (Å²) in [7, 11) is -4.93. The van der Waals surface area contributed by atoms with E-state index in [1.807, 2.05) is 0 Å². The van der Waals surface area contributed by atoms with Crippen LogP contribution in [0, 0.1) is 17.5 Å². The molecule has 7 heteroatoms. The average Bonchev–Trinajstić information content (AvgIpc) is 1.94. The maximum Gasteiger partial charge on any atom is 0.297 e. The first-order chi connectivity index (χ1) is 5.82. The molecule has 0 saturated heterocycles. The van der Waals surface area contributed by atoms with Crippen LogP contribution in [-0.4, -0.2) is 13.0 Å². The van der Waals surface area contributed by atoms with Crippen LogP contribution < -0.4 is 0 Å². The van der Waals surface area contributed by atoms with E-state index < -0.39 is 32.5 Å². The fourth-order valence-electron chi connectivity index (χ4n) is 0.720. The van der Waals surface area contributed by atoms with Gasteiger partial charge in [0.05, 0.1) is 0 Å². The van der Waals surface area contributed by atoms with Gasteiger partial charge < -0.3 is 0 Å². The van der Waals surface area contributed by atoms with Crippen molar-refractivity contribution >= 4 is 10.1 Å². The molecule has 0 unspecified atom stereocenters. The van der Waals surface area contributed by atoms with E-state index in [9.17, 15) is 21.6 Å². The van der Waals surface area contributed by atoms with Crippen molar-refractivity contribution in [1.29, 1.82) is 0 Å². The highest BCUT2D eigenvalue weighted by Crippen LogP contribution is 2.18. The van der Waals surface area contributed by atoms with Crippen LogP contribution in [0.5, 0.6) is 0 Å². The zero-order valence-electron chi connectivity index (χ0n) is 5.96. The maximum atomic E-state index is 12.6. The first kappa shape index (κ1) is 10.0. The second-order valence-electron chi connectivity index (χ2n) is 2.17. The first-order valence-corrected chi connectivity index (χ1v) is 4.38. The van der Waals surface area contributed by atoms with Crippen LogP contribution in [0.4, 0.5) is 13.2 Å². The lowest BCUT2D eigenvalue weighted by atomic mass is 10.3. The van der Waals surface area contributed by atoms with Crippen LogP contribution in [0.1, 0.15) is 0 Å². The van der Waals surface area contributed by atoms with Gasteiger partial charge in [0, 0.05) is 6.07 Å². The van der Waals surface area contributed by atoms with Crippen LogP contribution in [0.25, 0.3) is 0 Å². The smallest absolute Gasteiger partial charge is 0.282 e. The van der Waals surface area contributed by atoms with Crippen LogP contribution in [0.3, 0.4) is 0 Å². The van der Waals surface area contributed by atoms with Gasteiger partial charge in [-0.15, -0.1) is 0 Å². The molecular formula is C6H3F3O3S. The third-order valence-electron chi connectivity index (χ3n) is 1.24. The summed E-state index contributed by atoms with van der Waals surface area (Å²) in [6.45, 7) is 0. The van der Waals surface area contributed by atoms with Gasteiger partial charge in [0.15, 0.2) is 11.6 Å². The highest BCUT2D eigenvalue weighted by Gasteiger charge is 2.20. The van der Waals surface area contributed by atoms with Gasteiger partial charge >= 0.3 is 0 Å². The number of benzene rings is 1. The lowest BCUT2D eigenvalue weighted by Gasteiger charge is -1.99. The highest BCUT2D eigenvalue weighted by atomic mass is 32.2. The van der Waals surface area contributed by atoms with Crippen molar-refractivity contribution in [1.82, 2.24) is 0 Å². The van der Waals surface area contributed by atoms with E-state index in [0.29, 0.717) is 0 Å². The summed E-state index contributed by atoms with van der Waals surface area (Å²) in [5.74, 6) is -4.76. The minimum Gasteiger partial charge on any atom is -0.282 e. The normalized spacial score (nSPS) is 11.7. The van der Waals surface area contributed by atoms with Crippen LogP contribution in [0.15, 0.2) is 17.0 Å². The summed E-state index contributed by atoms with van der Waals surface area (Å²) in [6.07, 6.45) is 0. The van der Waals surface area contributed by atoms with E-state index in [1.54, 1.807) is 0 Å². The molecule has 0 atom stereocenters. The Bertz CT molecular complexity index is 441. The molecule has 72 valence electrons. The Balaban J connectivity index is 3.56. The van der Waals surface area contributed by atoms with E-state index in [4.69, 9.17) is 4.55 Å². The van der Waals surface area contributed by atoms with Gasteiger partial charge in [-0.1, -0.05) is 0 Å². The molecule has 1 N–H and O–H groups in total. The van der Waals surface area contributed by atoms with Gasteiger partial charge in [0.25, 0.3) is 10.1 Å². The number of rotatable bonds is 1. The minimum atomic E-state index is -4.93. The molecular weight excluding hydrogens is 209 g/mol. The Morgan fingerprint density at radius 2 is 1.69 bits per heavy atom.